The Morgan fingerprint density at radius 2 is 0.881 bits per heavy atom. The summed E-state index contributed by atoms with van der Waals surface area (Å²) in [5, 5.41) is 10.2. The molecular formula is C56H36N2S. The summed E-state index contributed by atoms with van der Waals surface area (Å²) >= 11 is 1.91. The van der Waals surface area contributed by atoms with Gasteiger partial charge in [-0.1, -0.05) is 158 Å². The van der Waals surface area contributed by atoms with Crippen molar-refractivity contribution in [2.45, 2.75) is 0 Å². The van der Waals surface area contributed by atoms with Gasteiger partial charge in [0.05, 0.1) is 15.7 Å². The second-order valence-electron chi connectivity index (χ2n) is 15.3. The van der Waals surface area contributed by atoms with Gasteiger partial charge in [0.25, 0.3) is 0 Å². The van der Waals surface area contributed by atoms with Crippen LogP contribution < -0.4 is 4.90 Å². The van der Waals surface area contributed by atoms with E-state index in [0.717, 1.165) is 22.7 Å². The summed E-state index contributed by atoms with van der Waals surface area (Å²) in [6, 6.07) is 79.8. The second-order valence-corrected chi connectivity index (χ2v) is 16.4. The van der Waals surface area contributed by atoms with E-state index in [9.17, 15) is 0 Å². The van der Waals surface area contributed by atoms with Crippen LogP contribution in [0.3, 0.4) is 0 Å². The topological polar surface area (TPSA) is 8.17 Å². The van der Waals surface area contributed by atoms with Crippen molar-refractivity contribution in [1.29, 1.82) is 0 Å². The van der Waals surface area contributed by atoms with Gasteiger partial charge in [-0.2, -0.15) is 0 Å². The van der Waals surface area contributed by atoms with E-state index in [1.807, 2.05) is 11.3 Å². The molecule has 0 bridgehead atoms. The molecule has 0 aliphatic carbocycles. The molecule has 0 atom stereocenters. The van der Waals surface area contributed by atoms with E-state index in [0.29, 0.717) is 0 Å². The van der Waals surface area contributed by atoms with E-state index >= 15 is 0 Å². The lowest BCUT2D eigenvalue weighted by atomic mass is 9.98. The van der Waals surface area contributed by atoms with Gasteiger partial charge in [-0.05, 0) is 104 Å². The first kappa shape index (κ1) is 33.7. The summed E-state index contributed by atoms with van der Waals surface area (Å²) in [6.45, 7) is 0. The Bertz CT molecular complexity index is 3440. The predicted octanol–water partition coefficient (Wildman–Crippen LogP) is 16.3. The maximum Gasteiger partial charge on any atom is 0.0726 e. The number of rotatable bonds is 6. The Kier molecular flexibility index (Phi) is 7.75. The van der Waals surface area contributed by atoms with Gasteiger partial charge in [-0.3, -0.25) is 0 Å². The van der Waals surface area contributed by atoms with Crippen molar-refractivity contribution in [3.8, 4) is 27.9 Å². The van der Waals surface area contributed by atoms with Crippen molar-refractivity contribution in [2.75, 3.05) is 4.90 Å². The zero-order valence-corrected chi connectivity index (χ0v) is 32.9. The Morgan fingerprint density at radius 3 is 1.54 bits per heavy atom. The van der Waals surface area contributed by atoms with E-state index in [4.69, 9.17) is 0 Å². The quantitative estimate of drug-likeness (QED) is 0.164. The first-order valence-corrected chi connectivity index (χ1v) is 21.0. The van der Waals surface area contributed by atoms with Gasteiger partial charge in [0.2, 0.25) is 0 Å². The zero-order chi connectivity index (χ0) is 38.9. The summed E-state index contributed by atoms with van der Waals surface area (Å²) in [4.78, 5) is 2.41. The Labute approximate surface area is 346 Å². The normalized spacial score (nSPS) is 11.7. The third-order valence-electron chi connectivity index (χ3n) is 11.9. The molecule has 2 aromatic heterocycles. The first-order chi connectivity index (χ1) is 29.3. The molecule has 0 fully saturated rings. The fourth-order valence-electron chi connectivity index (χ4n) is 9.20. The summed E-state index contributed by atoms with van der Waals surface area (Å²) in [5.74, 6) is 0. The van der Waals surface area contributed by atoms with Gasteiger partial charge in [0.15, 0.2) is 0 Å². The van der Waals surface area contributed by atoms with Crippen LogP contribution >= 0.6 is 11.3 Å². The zero-order valence-electron chi connectivity index (χ0n) is 32.1. The highest BCUT2D eigenvalue weighted by Crippen LogP contribution is 2.49. The van der Waals surface area contributed by atoms with Crippen LogP contribution in [0, 0.1) is 0 Å². The SMILES string of the molecule is c1ccc(-c2ccc(N(c3ccc(-c4ccccc4)cc3)c3ccc4c(c3)c3c5ccccc5c5c6ccccc6sc5c3n4-c3ccc4ccccc4c3)cc2)cc1. The molecule has 0 unspecified atom stereocenters. The Hall–Kier alpha value is -7.46. The number of fused-ring (bicyclic) bond motifs is 11. The highest BCUT2D eigenvalue weighted by molar-refractivity contribution is 7.27. The summed E-state index contributed by atoms with van der Waals surface area (Å²) in [6.07, 6.45) is 0. The van der Waals surface area contributed by atoms with Crippen LogP contribution in [0.2, 0.25) is 0 Å². The molecule has 2 heterocycles. The average molecular weight is 769 g/mol. The smallest absolute Gasteiger partial charge is 0.0726 e. The second kappa shape index (κ2) is 13.6. The molecule has 0 aliphatic rings. The lowest BCUT2D eigenvalue weighted by Gasteiger charge is -2.26. The minimum absolute atomic E-state index is 1.10. The van der Waals surface area contributed by atoms with Gasteiger partial charge in [-0.25, -0.2) is 0 Å². The molecule has 3 heteroatoms. The third-order valence-corrected chi connectivity index (χ3v) is 13.1. The fraction of sp³-hybridized carbons (Fsp3) is 0. The molecule has 0 radical (unpaired) electrons. The van der Waals surface area contributed by atoms with E-state index in [2.05, 4.69) is 228 Å². The number of nitrogens with zero attached hydrogens (tertiary/aromatic N) is 2. The molecule has 2 nitrogen and oxygen atoms in total. The lowest BCUT2D eigenvalue weighted by molar-refractivity contribution is 1.19. The summed E-state index contributed by atoms with van der Waals surface area (Å²) in [7, 11) is 0. The minimum Gasteiger partial charge on any atom is -0.310 e. The highest BCUT2D eigenvalue weighted by Gasteiger charge is 2.23. The molecule has 12 rings (SSSR count). The Morgan fingerprint density at radius 1 is 0.356 bits per heavy atom. The molecule has 12 aromatic rings. The van der Waals surface area contributed by atoms with Gasteiger partial charge in [0, 0.05) is 49.0 Å². The van der Waals surface area contributed by atoms with Crippen LogP contribution in [-0.2, 0) is 0 Å². The van der Waals surface area contributed by atoms with Gasteiger partial charge < -0.3 is 9.47 Å². The molecule has 59 heavy (non-hydrogen) atoms. The number of aromatic nitrogens is 1. The van der Waals surface area contributed by atoms with Crippen LogP contribution in [0.5, 0.6) is 0 Å². The number of thiophene rings is 1. The van der Waals surface area contributed by atoms with Crippen molar-refractivity contribution in [2.24, 2.45) is 0 Å². The largest absolute Gasteiger partial charge is 0.310 e. The van der Waals surface area contributed by atoms with Crippen LogP contribution in [-0.4, -0.2) is 4.57 Å². The van der Waals surface area contributed by atoms with Crippen LogP contribution in [0.1, 0.15) is 0 Å². The van der Waals surface area contributed by atoms with Crippen molar-refractivity contribution in [3.63, 3.8) is 0 Å². The van der Waals surface area contributed by atoms with E-state index in [1.54, 1.807) is 0 Å². The van der Waals surface area contributed by atoms with Crippen LogP contribution in [0.25, 0.3) is 91.5 Å². The van der Waals surface area contributed by atoms with Crippen LogP contribution in [0.15, 0.2) is 218 Å². The molecular weight excluding hydrogens is 733 g/mol. The van der Waals surface area contributed by atoms with E-state index in [-0.39, 0.29) is 0 Å². The maximum absolute atomic E-state index is 2.53. The predicted molar refractivity (Wildman–Crippen MR) is 254 cm³/mol. The highest BCUT2D eigenvalue weighted by atomic mass is 32.1. The summed E-state index contributed by atoms with van der Waals surface area (Å²) in [5.41, 5.74) is 11.7. The van der Waals surface area contributed by atoms with Crippen molar-refractivity contribution < 1.29 is 0 Å². The lowest BCUT2D eigenvalue weighted by Crippen LogP contribution is -2.10. The molecule has 0 N–H and O–H groups in total. The molecule has 0 spiro atoms. The van der Waals surface area contributed by atoms with Crippen molar-refractivity contribution in [1.82, 2.24) is 4.57 Å². The molecule has 0 amide bonds. The first-order valence-electron chi connectivity index (χ1n) is 20.2. The number of anilines is 3. The number of hydrogen-bond donors (Lipinski definition) is 0. The van der Waals surface area contributed by atoms with E-state index < -0.39 is 0 Å². The molecule has 10 aromatic carbocycles. The minimum atomic E-state index is 1.10. The van der Waals surface area contributed by atoms with Crippen molar-refractivity contribution >= 4 is 91.9 Å². The standard InChI is InChI=1S/C56H36N2S/c1-3-13-37(14-4-1)40-23-28-43(29-24-40)57(44-30-25-41(26-31-44)38-15-5-2-6-16-38)46-33-34-51-50(36-46)53-47-19-9-10-20-48(47)54-49-21-11-12-22-52(49)59-56(54)55(53)58(51)45-32-27-39-17-7-8-18-42(39)35-45/h1-36H. The van der Waals surface area contributed by atoms with Gasteiger partial charge >= 0.3 is 0 Å². The average Bonchev–Trinajstić information content (AvgIpc) is 3.87. The van der Waals surface area contributed by atoms with Crippen molar-refractivity contribution in [3.05, 3.63) is 218 Å². The van der Waals surface area contributed by atoms with Gasteiger partial charge in [-0.15, -0.1) is 11.3 Å². The van der Waals surface area contributed by atoms with Gasteiger partial charge in [0.1, 0.15) is 0 Å². The third kappa shape index (κ3) is 5.47. The molecule has 0 saturated heterocycles. The molecule has 0 aliphatic heterocycles. The number of hydrogen-bond acceptors (Lipinski definition) is 2. The Balaban J connectivity index is 1.14. The maximum atomic E-state index is 2.53. The summed E-state index contributed by atoms with van der Waals surface area (Å²) < 4.78 is 5.15. The fourth-order valence-corrected chi connectivity index (χ4v) is 10.5. The number of benzene rings is 10. The molecule has 0 saturated carbocycles. The molecule has 276 valence electrons. The monoisotopic (exact) mass is 768 g/mol. The van der Waals surface area contributed by atoms with Crippen LogP contribution in [0.4, 0.5) is 17.1 Å². The van der Waals surface area contributed by atoms with E-state index in [1.165, 1.54) is 85.8 Å².